The number of rotatable bonds is 3. The number of nitrogens with zero attached hydrogens (tertiary/aromatic N) is 2. The van der Waals surface area contributed by atoms with Crippen LogP contribution in [0.1, 0.15) is 36.9 Å². The zero-order valence-electron chi connectivity index (χ0n) is 14.7. The first-order valence-corrected chi connectivity index (χ1v) is 9.03. The molecule has 2 fully saturated rings. The van der Waals surface area contributed by atoms with Crippen LogP contribution < -0.4 is 5.32 Å². The van der Waals surface area contributed by atoms with E-state index in [1.165, 1.54) is 16.5 Å². The minimum atomic E-state index is 0.0386. The Morgan fingerprint density at radius 2 is 2.12 bits per heavy atom. The van der Waals surface area contributed by atoms with Crippen LogP contribution in [0.25, 0.3) is 10.9 Å². The fraction of sp³-hybridized carbons (Fsp3) is 0.632. The van der Waals surface area contributed by atoms with Gasteiger partial charge >= 0.3 is 0 Å². The number of fused-ring (bicyclic) bond motifs is 1. The minimum Gasteiger partial charge on any atom is -0.381 e. The van der Waals surface area contributed by atoms with Crippen molar-refractivity contribution < 1.29 is 9.47 Å². The second kappa shape index (κ2) is 6.47. The molecule has 0 amide bonds. The molecule has 1 N–H and O–H groups in total. The molecule has 1 atom stereocenters. The molecule has 1 spiro atoms. The monoisotopic (exact) mass is 329 g/mol. The Morgan fingerprint density at radius 3 is 2.96 bits per heavy atom. The van der Waals surface area contributed by atoms with E-state index in [1.54, 1.807) is 0 Å². The van der Waals surface area contributed by atoms with Crippen LogP contribution in [0, 0.1) is 6.92 Å². The van der Waals surface area contributed by atoms with E-state index in [0.29, 0.717) is 6.04 Å². The van der Waals surface area contributed by atoms with Gasteiger partial charge in [-0.15, -0.1) is 0 Å². The Morgan fingerprint density at radius 1 is 1.29 bits per heavy atom. The van der Waals surface area contributed by atoms with Crippen molar-refractivity contribution in [3.8, 4) is 0 Å². The average Bonchev–Trinajstić information content (AvgIpc) is 2.89. The van der Waals surface area contributed by atoms with Crippen molar-refractivity contribution in [1.82, 2.24) is 15.1 Å². The predicted molar refractivity (Wildman–Crippen MR) is 94.0 cm³/mol. The van der Waals surface area contributed by atoms with Crippen molar-refractivity contribution in [2.45, 2.75) is 50.8 Å². The number of benzene rings is 1. The van der Waals surface area contributed by atoms with Crippen LogP contribution in [-0.4, -0.2) is 41.2 Å². The van der Waals surface area contributed by atoms with Crippen LogP contribution in [0.5, 0.6) is 0 Å². The maximum absolute atomic E-state index is 6.14. The second-order valence-corrected chi connectivity index (χ2v) is 7.31. The second-order valence-electron chi connectivity index (χ2n) is 7.31. The molecule has 0 aliphatic carbocycles. The molecule has 2 aliphatic heterocycles. The summed E-state index contributed by atoms with van der Waals surface area (Å²) in [6.45, 7) is 5.46. The van der Waals surface area contributed by atoms with Crippen LogP contribution in [0.2, 0.25) is 0 Å². The largest absolute Gasteiger partial charge is 0.381 e. The highest BCUT2D eigenvalue weighted by atomic mass is 16.5. The fourth-order valence-electron chi connectivity index (χ4n) is 4.12. The summed E-state index contributed by atoms with van der Waals surface area (Å²) in [5.41, 5.74) is 3.66. The lowest BCUT2D eigenvalue weighted by atomic mass is 9.84. The maximum atomic E-state index is 6.14. The molecule has 2 saturated heterocycles. The summed E-state index contributed by atoms with van der Waals surface area (Å²) in [7, 11) is 2.02. The van der Waals surface area contributed by atoms with Crippen LogP contribution in [0.15, 0.2) is 18.2 Å². The number of aryl methyl sites for hydroxylation is 2. The number of aromatic nitrogens is 2. The standard InChI is InChI=1S/C19H27N3O2/c1-14-3-4-18-16(11-14)17(21-22(18)2)13-20-15-5-8-24-19(12-15)6-9-23-10-7-19/h3-4,11,15,20H,5-10,12-13H2,1-2H3. The Hall–Kier alpha value is -1.43. The lowest BCUT2D eigenvalue weighted by Crippen LogP contribution is -2.49. The topological polar surface area (TPSA) is 48.3 Å². The summed E-state index contributed by atoms with van der Waals surface area (Å²) < 4.78 is 13.6. The normalized spacial score (nSPS) is 23.8. The Kier molecular flexibility index (Phi) is 4.33. The molecule has 5 heteroatoms. The van der Waals surface area contributed by atoms with Gasteiger partial charge < -0.3 is 14.8 Å². The zero-order chi connectivity index (χ0) is 16.6. The van der Waals surface area contributed by atoms with Crippen molar-refractivity contribution >= 4 is 10.9 Å². The van der Waals surface area contributed by atoms with Gasteiger partial charge in [-0.2, -0.15) is 5.10 Å². The molecule has 0 radical (unpaired) electrons. The van der Waals surface area contributed by atoms with Gasteiger partial charge in [-0.1, -0.05) is 11.6 Å². The minimum absolute atomic E-state index is 0.0386. The molecule has 3 heterocycles. The van der Waals surface area contributed by atoms with Crippen molar-refractivity contribution in [2.24, 2.45) is 7.05 Å². The first-order chi connectivity index (χ1) is 11.7. The number of hydrogen-bond acceptors (Lipinski definition) is 4. The summed E-state index contributed by atoms with van der Waals surface area (Å²) in [5.74, 6) is 0. The highest BCUT2D eigenvalue weighted by molar-refractivity contribution is 5.82. The molecule has 5 nitrogen and oxygen atoms in total. The summed E-state index contributed by atoms with van der Waals surface area (Å²) in [5, 5.41) is 9.72. The molecule has 24 heavy (non-hydrogen) atoms. The van der Waals surface area contributed by atoms with Gasteiger partial charge in [-0.3, -0.25) is 4.68 Å². The predicted octanol–water partition coefficient (Wildman–Crippen LogP) is 2.70. The molecule has 0 saturated carbocycles. The molecule has 130 valence electrons. The lowest BCUT2D eigenvalue weighted by molar-refractivity contribution is -0.140. The third-order valence-electron chi connectivity index (χ3n) is 5.54. The van der Waals surface area contributed by atoms with Crippen LogP contribution in [0.3, 0.4) is 0 Å². The van der Waals surface area contributed by atoms with E-state index in [0.717, 1.165) is 57.7 Å². The Labute approximate surface area is 143 Å². The molecule has 1 aromatic carbocycles. The van der Waals surface area contributed by atoms with Gasteiger partial charge in [0.25, 0.3) is 0 Å². The summed E-state index contributed by atoms with van der Waals surface area (Å²) >= 11 is 0. The van der Waals surface area contributed by atoms with Crippen LogP contribution in [-0.2, 0) is 23.1 Å². The van der Waals surface area contributed by atoms with E-state index in [9.17, 15) is 0 Å². The zero-order valence-corrected chi connectivity index (χ0v) is 14.7. The SMILES string of the molecule is Cc1ccc2c(c1)c(CNC1CCOC3(CCOCC3)C1)nn2C. The molecule has 1 aromatic heterocycles. The third kappa shape index (κ3) is 3.08. The van der Waals surface area contributed by atoms with E-state index in [4.69, 9.17) is 14.6 Å². The lowest BCUT2D eigenvalue weighted by Gasteiger charge is -2.43. The van der Waals surface area contributed by atoms with Gasteiger partial charge in [-0.05, 0) is 44.7 Å². The van der Waals surface area contributed by atoms with Crippen molar-refractivity contribution in [2.75, 3.05) is 19.8 Å². The molecule has 4 rings (SSSR count). The highest BCUT2D eigenvalue weighted by Gasteiger charge is 2.38. The molecule has 2 aliphatic rings. The number of hydrogen-bond donors (Lipinski definition) is 1. The van der Waals surface area contributed by atoms with Gasteiger partial charge in [0.1, 0.15) is 0 Å². The van der Waals surface area contributed by atoms with Gasteiger partial charge in [0.2, 0.25) is 0 Å². The first kappa shape index (κ1) is 16.1. The molecule has 1 unspecified atom stereocenters. The molecular weight excluding hydrogens is 302 g/mol. The van der Waals surface area contributed by atoms with E-state index in [2.05, 4.69) is 30.4 Å². The third-order valence-corrected chi connectivity index (χ3v) is 5.54. The maximum Gasteiger partial charge on any atom is 0.0841 e. The van der Waals surface area contributed by atoms with Crippen molar-refractivity contribution in [1.29, 1.82) is 0 Å². The number of nitrogens with one attached hydrogen (secondary N) is 1. The van der Waals surface area contributed by atoms with Crippen LogP contribution >= 0.6 is 0 Å². The van der Waals surface area contributed by atoms with E-state index in [1.807, 2.05) is 11.7 Å². The van der Waals surface area contributed by atoms with Gasteiger partial charge in [-0.25, -0.2) is 0 Å². The first-order valence-electron chi connectivity index (χ1n) is 9.03. The van der Waals surface area contributed by atoms with Gasteiger partial charge in [0.05, 0.1) is 16.8 Å². The smallest absolute Gasteiger partial charge is 0.0841 e. The summed E-state index contributed by atoms with van der Waals surface area (Å²) in [6.07, 6.45) is 4.21. The average molecular weight is 329 g/mol. The quantitative estimate of drug-likeness (QED) is 0.940. The van der Waals surface area contributed by atoms with Gasteiger partial charge in [0, 0.05) is 44.8 Å². The molecule has 2 aromatic rings. The van der Waals surface area contributed by atoms with E-state index < -0.39 is 0 Å². The molecule has 0 bridgehead atoms. The Balaban J connectivity index is 1.46. The summed E-state index contributed by atoms with van der Waals surface area (Å²) in [4.78, 5) is 0. The molecular formula is C19H27N3O2. The highest BCUT2D eigenvalue weighted by Crippen LogP contribution is 2.34. The fourth-order valence-corrected chi connectivity index (χ4v) is 4.12. The van der Waals surface area contributed by atoms with E-state index in [-0.39, 0.29) is 5.60 Å². The number of ether oxygens (including phenoxy) is 2. The summed E-state index contributed by atoms with van der Waals surface area (Å²) in [6, 6.07) is 7.04. The van der Waals surface area contributed by atoms with Crippen molar-refractivity contribution in [3.05, 3.63) is 29.5 Å². The van der Waals surface area contributed by atoms with Gasteiger partial charge in [0.15, 0.2) is 0 Å². The van der Waals surface area contributed by atoms with Crippen molar-refractivity contribution in [3.63, 3.8) is 0 Å². The Bertz CT molecular complexity index is 713. The van der Waals surface area contributed by atoms with Crippen LogP contribution in [0.4, 0.5) is 0 Å². The van der Waals surface area contributed by atoms with E-state index >= 15 is 0 Å².